The summed E-state index contributed by atoms with van der Waals surface area (Å²) >= 11 is 0. The van der Waals surface area contributed by atoms with Crippen LogP contribution >= 0.6 is 0 Å². The molecule has 146 valence electrons. The largest absolute Gasteiger partial charge is 0.508 e. The fourth-order valence-corrected chi connectivity index (χ4v) is 2.25. The van der Waals surface area contributed by atoms with Crippen molar-refractivity contribution in [3.63, 3.8) is 0 Å². The van der Waals surface area contributed by atoms with Crippen LogP contribution in [0.2, 0.25) is 0 Å². The molecule has 0 amide bonds. The number of benzene rings is 2. The lowest BCUT2D eigenvalue weighted by atomic mass is 10.1. The van der Waals surface area contributed by atoms with Crippen LogP contribution < -0.4 is 14.2 Å². The molecule has 0 aromatic heterocycles. The maximum Gasteiger partial charge on any atom is 0.349 e. The van der Waals surface area contributed by atoms with Gasteiger partial charge in [-0.1, -0.05) is 6.07 Å². The van der Waals surface area contributed by atoms with Crippen LogP contribution in [0.5, 0.6) is 23.0 Å². The fraction of sp³-hybridized carbons (Fsp3) is 0.381. The summed E-state index contributed by atoms with van der Waals surface area (Å²) in [6, 6.07) is 13.7. The molecule has 0 bridgehead atoms. The van der Waals surface area contributed by atoms with E-state index in [0.29, 0.717) is 43.5 Å². The zero-order valence-electron chi connectivity index (χ0n) is 15.9. The molecule has 27 heavy (non-hydrogen) atoms. The summed E-state index contributed by atoms with van der Waals surface area (Å²) < 4.78 is 22.1. The summed E-state index contributed by atoms with van der Waals surface area (Å²) in [5.74, 6) is 1.67. The van der Waals surface area contributed by atoms with Crippen LogP contribution in [0.1, 0.15) is 27.2 Å². The van der Waals surface area contributed by atoms with Gasteiger partial charge in [-0.25, -0.2) is 4.79 Å². The lowest BCUT2D eigenvalue weighted by Crippen LogP contribution is -2.39. The highest BCUT2D eigenvalue weighted by molar-refractivity contribution is 5.79. The van der Waals surface area contributed by atoms with E-state index in [1.165, 1.54) is 0 Å². The quantitative estimate of drug-likeness (QED) is 0.501. The molecule has 0 saturated heterocycles. The Morgan fingerprint density at radius 3 is 2.26 bits per heavy atom. The van der Waals surface area contributed by atoms with Gasteiger partial charge in [-0.2, -0.15) is 0 Å². The molecule has 2 aromatic rings. The predicted octanol–water partition coefficient (Wildman–Crippen LogP) is 3.96. The molecule has 0 unspecified atom stereocenters. The van der Waals surface area contributed by atoms with Gasteiger partial charge >= 0.3 is 5.97 Å². The van der Waals surface area contributed by atoms with Crippen molar-refractivity contribution in [2.75, 3.05) is 19.8 Å². The topological polar surface area (TPSA) is 74.2 Å². The average Bonchev–Trinajstić information content (AvgIpc) is 2.63. The van der Waals surface area contributed by atoms with Gasteiger partial charge in [0.1, 0.15) is 23.0 Å². The fourth-order valence-electron chi connectivity index (χ4n) is 2.25. The first-order chi connectivity index (χ1) is 12.9. The maximum atomic E-state index is 11.9. The van der Waals surface area contributed by atoms with Crippen molar-refractivity contribution in [3.05, 3.63) is 48.5 Å². The van der Waals surface area contributed by atoms with Crippen LogP contribution in [-0.2, 0) is 9.53 Å². The second-order valence-corrected chi connectivity index (χ2v) is 6.35. The zero-order chi connectivity index (χ0) is 19.7. The number of carbonyl (C=O) groups is 1. The predicted molar refractivity (Wildman–Crippen MR) is 101 cm³/mol. The highest BCUT2D eigenvalue weighted by Gasteiger charge is 2.31. The Kier molecular flexibility index (Phi) is 7.34. The van der Waals surface area contributed by atoms with E-state index in [1.54, 1.807) is 63.2 Å². The molecule has 2 rings (SSSR count). The Balaban J connectivity index is 1.78. The minimum atomic E-state index is -1.08. The number of esters is 1. The number of hydrogen-bond acceptors (Lipinski definition) is 6. The van der Waals surface area contributed by atoms with E-state index < -0.39 is 11.6 Å². The third kappa shape index (κ3) is 6.73. The van der Waals surface area contributed by atoms with Gasteiger partial charge in [0.15, 0.2) is 5.60 Å². The van der Waals surface area contributed by atoms with Crippen LogP contribution in [0.15, 0.2) is 48.5 Å². The lowest BCUT2D eigenvalue weighted by molar-refractivity contribution is -0.158. The van der Waals surface area contributed by atoms with Gasteiger partial charge in [0.2, 0.25) is 0 Å². The maximum absolute atomic E-state index is 11.9. The van der Waals surface area contributed by atoms with E-state index in [2.05, 4.69) is 0 Å². The van der Waals surface area contributed by atoms with E-state index in [9.17, 15) is 9.90 Å². The van der Waals surface area contributed by atoms with E-state index in [0.717, 1.165) is 0 Å². The van der Waals surface area contributed by atoms with Gasteiger partial charge in [-0.15, -0.1) is 0 Å². The second kappa shape index (κ2) is 9.71. The highest BCUT2D eigenvalue weighted by Crippen LogP contribution is 2.24. The van der Waals surface area contributed by atoms with E-state index >= 15 is 0 Å². The van der Waals surface area contributed by atoms with E-state index in [1.807, 2.05) is 6.07 Å². The minimum absolute atomic E-state index is 0.207. The van der Waals surface area contributed by atoms with Gasteiger partial charge in [0, 0.05) is 12.5 Å². The summed E-state index contributed by atoms with van der Waals surface area (Å²) in [7, 11) is 0. The van der Waals surface area contributed by atoms with Gasteiger partial charge in [0.25, 0.3) is 0 Å². The van der Waals surface area contributed by atoms with E-state index in [4.69, 9.17) is 18.9 Å². The number of hydrogen-bond donors (Lipinski definition) is 1. The molecule has 0 aliphatic rings. The molecule has 0 heterocycles. The van der Waals surface area contributed by atoms with Gasteiger partial charge in [-0.05, 0) is 57.2 Å². The van der Waals surface area contributed by atoms with Crippen molar-refractivity contribution in [2.45, 2.75) is 32.8 Å². The number of carbonyl (C=O) groups excluding carboxylic acids is 1. The number of phenols is 1. The molecule has 0 aliphatic carbocycles. The monoisotopic (exact) mass is 374 g/mol. The third-order valence-corrected chi connectivity index (χ3v) is 3.61. The zero-order valence-corrected chi connectivity index (χ0v) is 15.9. The molecule has 0 atom stereocenters. The van der Waals surface area contributed by atoms with Crippen LogP contribution in [0.25, 0.3) is 0 Å². The Morgan fingerprint density at radius 2 is 1.59 bits per heavy atom. The first kappa shape index (κ1) is 20.4. The number of phenolic OH excluding ortho intramolecular Hbond substituents is 1. The molecular formula is C21H26O6. The van der Waals surface area contributed by atoms with Crippen LogP contribution in [0.3, 0.4) is 0 Å². The number of ether oxygens (including phenoxy) is 4. The first-order valence-electron chi connectivity index (χ1n) is 8.91. The summed E-state index contributed by atoms with van der Waals surface area (Å²) in [5.41, 5.74) is -1.08. The lowest BCUT2D eigenvalue weighted by Gasteiger charge is -2.24. The van der Waals surface area contributed by atoms with Crippen LogP contribution in [0.4, 0.5) is 0 Å². The van der Waals surface area contributed by atoms with E-state index in [-0.39, 0.29) is 5.75 Å². The van der Waals surface area contributed by atoms with Crippen LogP contribution in [-0.4, -0.2) is 36.5 Å². The molecular weight excluding hydrogens is 348 g/mol. The summed E-state index contributed by atoms with van der Waals surface area (Å²) in [5, 5.41) is 9.23. The minimum Gasteiger partial charge on any atom is -0.508 e. The SMILES string of the molecule is CCOC(=O)C(C)(C)Oc1cccc(OCCCOc2ccc(O)cc2)c1. The molecule has 0 fully saturated rings. The van der Waals surface area contributed by atoms with Crippen molar-refractivity contribution in [2.24, 2.45) is 0 Å². The molecule has 6 heteroatoms. The smallest absolute Gasteiger partial charge is 0.349 e. The van der Waals surface area contributed by atoms with Gasteiger partial charge < -0.3 is 24.1 Å². The Morgan fingerprint density at radius 1 is 0.963 bits per heavy atom. The third-order valence-electron chi connectivity index (χ3n) is 3.61. The van der Waals surface area contributed by atoms with Crippen molar-refractivity contribution >= 4 is 5.97 Å². The summed E-state index contributed by atoms with van der Waals surface area (Å²) in [4.78, 5) is 11.9. The second-order valence-electron chi connectivity index (χ2n) is 6.35. The molecule has 6 nitrogen and oxygen atoms in total. The Bertz CT molecular complexity index is 724. The average molecular weight is 374 g/mol. The van der Waals surface area contributed by atoms with Crippen molar-refractivity contribution in [3.8, 4) is 23.0 Å². The van der Waals surface area contributed by atoms with Gasteiger partial charge in [-0.3, -0.25) is 0 Å². The Labute approximate surface area is 159 Å². The summed E-state index contributed by atoms with van der Waals surface area (Å²) in [6.07, 6.45) is 0.695. The molecule has 0 spiro atoms. The Hall–Kier alpha value is -2.89. The van der Waals surface area contributed by atoms with Crippen molar-refractivity contribution in [1.29, 1.82) is 0 Å². The molecule has 2 aromatic carbocycles. The standard InChI is InChI=1S/C21H26O6/c1-4-24-20(23)21(2,3)27-19-8-5-7-18(15-19)26-14-6-13-25-17-11-9-16(22)10-12-17/h5,7-12,15,22H,4,6,13-14H2,1-3H3. The molecule has 0 saturated carbocycles. The number of aromatic hydroxyl groups is 1. The molecule has 0 aliphatic heterocycles. The van der Waals surface area contributed by atoms with Crippen LogP contribution in [0, 0.1) is 0 Å². The summed E-state index contributed by atoms with van der Waals surface area (Å²) in [6.45, 7) is 6.37. The highest BCUT2D eigenvalue weighted by atomic mass is 16.6. The normalized spacial score (nSPS) is 10.9. The van der Waals surface area contributed by atoms with Crippen molar-refractivity contribution < 1.29 is 28.8 Å². The molecule has 0 radical (unpaired) electrons. The number of rotatable bonds is 10. The first-order valence-corrected chi connectivity index (χ1v) is 8.91. The van der Waals surface area contributed by atoms with Crippen molar-refractivity contribution in [1.82, 2.24) is 0 Å². The van der Waals surface area contributed by atoms with Gasteiger partial charge in [0.05, 0.1) is 19.8 Å². The molecule has 1 N–H and O–H groups in total.